The normalized spacial score (nSPS) is 15.4. The van der Waals surface area contributed by atoms with Crippen LogP contribution in [-0.4, -0.2) is 37.5 Å². The van der Waals surface area contributed by atoms with Crippen molar-refractivity contribution in [2.45, 2.75) is 26.2 Å². The van der Waals surface area contributed by atoms with Crippen LogP contribution in [0.2, 0.25) is 0 Å². The minimum Gasteiger partial charge on any atom is -0.489 e. The Kier molecular flexibility index (Phi) is 5.89. The third-order valence-electron chi connectivity index (χ3n) is 3.11. The van der Waals surface area contributed by atoms with E-state index in [-0.39, 0.29) is 29.7 Å². The summed E-state index contributed by atoms with van der Waals surface area (Å²) in [5, 5.41) is 9.14. The van der Waals surface area contributed by atoms with Gasteiger partial charge >= 0.3 is 0 Å². The van der Waals surface area contributed by atoms with Crippen LogP contribution in [0.1, 0.15) is 26.2 Å². The molecule has 0 aromatic carbocycles. The molecule has 0 saturated carbocycles. The molecule has 0 N–H and O–H groups in total. The number of Topliss-reactive ketones (excluding diaryl/α,β-unsaturated/α-hetero) is 2. The summed E-state index contributed by atoms with van der Waals surface area (Å²) in [6.07, 6.45) is 1.21. The van der Waals surface area contributed by atoms with Crippen LogP contribution in [0.5, 0.6) is 0 Å². The zero-order valence-corrected chi connectivity index (χ0v) is 12.1. The number of nitrogens with zero attached hydrogens (tertiary/aromatic N) is 1. The smallest absolute Gasteiger partial charge is 0.294 e. The lowest BCUT2D eigenvalue weighted by Crippen LogP contribution is -2.25. The fourth-order valence-electron chi connectivity index (χ4n) is 2.04. The third-order valence-corrected chi connectivity index (χ3v) is 3.11. The van der Waals surface area contributed by atoms with E-state index in [1.807, 2.05) is 0 Å². The van der Waals surface area contributed by atoms with Gasteiger partial charge in [-0.3, -0.25) is 9.59 Å². The molecule has 0 aromatic heterocycles. The Morgan fingerprint density at radius 1 is 1.05 bits per heavy atom. The molecule has 1 aliphatic rings. The van der Waals surface area contributed by atoms with Crippen LogP contribution >= 0.6 is 0 Å². The fraction of sp³-hybridized carbons (Fsp3) is 0.538. The average Bonchev–Trinajstić information content (AvgIpc) is 2.45. The van der Waals surface area contributed by atoms with E-state index < -0.39 is 5.09 Å². The average molecular weight is 299 g/mol. The number of carbonyl (C=O) groups is 2. The van der Waals surface area contributed by atoms with Gasteiger partial charge in [-0.05, 0) is 26.2 Å². The van der Waals surface area contributed by atoms with Gasteiger partial charge < -0.3 is 14.3 Å². The van der Waals surface area contributed by atoms with Crippen molar-refractivity contribution in [1.82, 2.24) is 0 Å². The van der Waals surface area contributed by atoms with Gasteiger partial charge in [0.2, 0.25) is 23.1 Å². The number of hydrogen-bond acceptors (Lipinski definition) is 7. The predicted molar refractivity (Wildman–Crippen MR) is 70.6 cm³/mol. The third kappa shape index (κ3) is 3.80. The van der Waals surface area contributed by atoms with Crippen molar-refractivity contribution in [2.75, 3.05) is 20.8 Å². The van der Waals surface area contributed by atoms with Crippen LogP contribution in [0.3, 0.4) is 0 Å². The molecule has 0 atom stereocenters. The summed E-state index contributed by atoms with van der Waals surface area (Å²) in [7, 11) is 2.59. The van der Waals surface area contributed by atoms with Crippen molar-refractivity contribution >= 4 is 11.6 Å². The number of rotatable bonds is 8. The van der Waals surface area contributed by atoms with E-state index in [0.29, 0.717) is 30.4 Å². The summed E-state index contributed by atoms with van der Waals surface area (Å²) in [6, 6.07) is 0. The van der Waals surface area contributed by atoms with Crippen LogP contribution in [0, 0.1) is 10.1 Å². The summed E-state index contributed by atoms with van der Waals surface area (Å²) in [4.78, 5) is 38.5. The highest BCUT2D eigenvalue weighted by Crippen LogP contribution is 2.28. The van der Waals surface area contributed by atoms with Gasteiger partial charge in [-0.1, -0.05) is 0 Å². The number of hydrogen-bond donors (Lipinski definition) is 0. The van der Waals surface area contributed by atoms with Gasteiger partial charge in [-0.25, -0.2) is 0 Å². The number of allylic oxidation sites excluding steroid dienone is 2. The maximum Gasteiger partial charge on any atom is 0.294 e. The summed E-state index contributed by atoms with van der Waals surface area (Å²) in [6.45, 7) is 1.51. The molecule has 0 spiro atoms. The van der Waals surface area contributed by atoms with E-state index in [1.54, 1.807) is 6.92 Å². The highest BCUT2D eigenvalue weighted by atomic mass is 16.9. The van der Waals surface area contributed by atoms with Crippen LogP contribution in [0.15, 0.2) is 22.7 Å². The molecule has 0 unspecified atom stereocenters. The molecule has 0 radical (unpaired) electrons. The summed E-state index contributed by atoms with van der Waals surface area (Å²) in [5.74, 6) is -0.975. The number of methoxy groups -OCH3 is 2. The van der Waals surface area contributed by atoms with Gasteiger partial charge in [0, 0.05) is 11.1 Å². The molecule has 21 heavy (non-hydrogen) atoms. The highest BCUT2D eigenvalue weighted by molar-refractivity contribution is 6.23. The maximum atomic E-state index is 12.2. The number of ketones is 2. The number of carbonyl (C=O) groups excluding carboxylic acids is 2. The summed E-state index contributed by atoms with van der Waals surface area (Å²) in [5.41, 5.74) is 0.659. The number of unbranched alkanes of at least 4 members (excludes halogenated alkanes) is 1. The maximum absolute atomic E-state index is 12.2. The second-order valence-electron chi connectivity index (χ2n) is 4.34. The Balaban J connectivity index is 2.74. The lowest BCUT2D eigenvalue weighted by Gasteiger charge is -2.20. The number of ether oxygens (including phenoxy) is 2. The SMILES string of the molecule is COC1=C(OC)C(=O)C(CCCCO[N+](=O)[O-])=C(C)C1=O. The van der Waals surface area contributed by atoms with E-state index in [1.165, 1.54) is 14.2 Å². The van der Waals surface area contributed by atoms with Crippen LogP contribution in [-0.2, 0) is 23.9 Å². The van der Waals surface area contributed by atoms with E-state index in [2.05, 4.69) is 4.84 Å². The zero-order valence-electron chi connectivity index (χ0n) is 12.1. The van der Waals surface area contributed by atoms with Crippen molar-refractivity contribution in [3.05, 3.63) is 32.8 Å². The first-order chi connectivity index (χ1) is 9.93. The zero-order chi connectivity index (χ0) is 16.0. The summed E-state index contributed by atoms with van der Waals surface area (Å²) >= 11 is 0. The van der Waals surface area contributed by atoms with Gasteiger partial charge in [0.1, 0.15) is 0 Å². The van der Waals surface area contributed by atoms with Gasteiger partial charge in [-0.2, -0.15) is 0 Å². The molecule has 0 aliphatic heterocycles. The molecule has 0 bridgehead atoms. The van der Waals surface area contributed by atoms with Crippen molar-refractivity contribution in [1.29, 1.82) is 0 Å². The monoisotopic (exact) mass is 299 g/mol. The van der Waals surface area contributed by atoms with E-state index in [9.17, 15) is 19.7 Å². The minimum absolute atomic E-state index is 0.0439. The molecule has 0 saturated heterocycles. The quantitative estimate of drug-likeness (QED) is 0.288. The molecule has 1 aliphatic carbocycles. The topological polar surface area (TPSA) is 105 Å². The lowest BCUT2D eigenvalue weighted by atomic mass is 9.90. The molecule has 0 fully saturated rings. The van der Waals surface area contributed by atoms with E-state index in [0.717, 1.165) is 0 Å². The molecule has 0 aromatic rings. The Morgan fingerprint density at radius 2 is 1.62 bits per heavy atom. The Labute approximate surface area is 121 Å². The molecule has 8 heteroatoms. The highest BCUT2D eigenvalue weighted by Gasteiger charge is 2.34. The van der Waals surface area contributed by atoms with E-state index in [4.69, 9.17) is 9.47 Å². The molecule has 8 nitrogen and oxygen atoms in total. The molecular formula is C13H17NO7. The first-order valence-electron chi connectivity index (χ1n) is 6.32. The van der Waals surface area contributed by atoms with Crippen LogP contribution < -0.4 is 0 Å². The summed E-state index contributed by atoms with van der Waals surface area (Å²) < 4.78 is 9.87. The van der Waals surface area contributed by atoms with Gasteiger partial charge in [0.15, 0.2) is 0 Å². The van der Waals surface area contributed by atoms with Crippen molar-refractivity contribution < 1.29 is 29.0 Å². The van der Waals surface area contributed by atoms with Crippen molar-refractivity contribution in [3.63, 3.8) is 0 Å². The Hall–Kier alpha value is -2.38. The standard InChI is InChI=1S/C13H17NO7/c1-8-9(6-4-5-7-21-14(17)18)11(16)13(20-3)12(19-2)10(8)15/h4-7H2,1-3H3. The van der Waals surface area contributed by atoms with Crippen LogP contribution in [0.25, 0.3) is 0 Å². The molecule has 0 amide bonds. The lowest BCUT2D eigenvalue weighted by molar-refractivity contribution is -0.757. The minimum atomic E-state index is -0.865. The predicted octanol–water partition coefficient (Wildman–Crippen LogP) is 1.34. The molecular weight excluding hydrogens is 282 g/mol. The first-order valence-corrected chi connectivity index (χ1v) is 6.32. The van der Waals surface area contributed by atoms with Crippen molar-refractivity contribution in [2.24, 2.45) is 0 Å². The van der Waals surface area contributed by atoms with E-state index >= 15 is 0 Å². The largest absolute Gasteiger partial charge is 0.489 e. The molecule has 1 rings (SSSR count). The van der Waals surface area contributed by atoms with Gasteiger partial charge in [0.25, 0.3) is 5.09 Å². The van der Waals surface area contributed by atoms with Crippen molar-refractivity contribution in [3.8, 4) is 0 Å². The second kappa shape index (κ2) is 7.41. The molecule has 0 heterocycles. The Bertz CT molecular complexity index is 519. The van der Waals surface area contributed by atoms with Gasteiger partial charge in [-0.15, -0.1) is 10.1 Å². The van der Waals surface area contributed by atoms with Crippen LogP contribution in [0.4, 0.5) is 0 Å². The van der Waals surface area contributed by atoms with Gasteiger partial charge in [0.05, 0.1) is 20.8 Å². The second-order valence-corrected chi connectivity index (χ2v) is 4.34. The molecule has 116 valence electrons. The Morgan fingerprint density at radius 3 is 2.14 bits per heavy atom. The first kappa shape index (κ1) is 16.7. The fourth-order valence-corrected chi connectivity index (χ4v) is 2.04.